The smallest absolute Gasteiger partial charge is 0.273 e. The molecule has 0 radical (unpaired) electrons. The molecule has 0 aliphatic rings. The summed E-state index contributed by atoms with van der Waals surface area (Å²) in [4.78, 5) is 17.1. The molecule has 1 unspecified atom stereocenters. The van der Waals surface area contributed by atoms with Crippen molar-refractivity contribution in [1.29, 1.82) is 0 Å². The molecular formula is C17H22N2O2. The molecule has 2 rings (SSSR count). The van der Waals surface area contributed by atoms with Crippen molar-refractivity contribution in [2.45, 2.75) is 46.3 Å². The van der Waals surface area contributed by atoms with Crippen LogP contribution in [0.3, 0.4) is 0 Å². The zero-order valence-electron chi connectivity index (χ0n) is 12.8. The molecule has 21 heavy (non-hydrogen) atoms. The summed E-state index contributed by atoms with van der Waals surface area (Å²) in [6.45, 7) is 6.31. The van der Waals surface area contributed by atoms with Gasteiger partial charge in [-0.05, 0) is 45.7 Å². The molecule has 0 amide bonds. The average Bonchev–Trinajstić information content (AvgIpc) is 2.44. The number of para-hydroxylation sites is 2. The molecule has 1 N–H and O–H groups in total. The first-order valence-electron chi connectivity index (χ1n) is 7.29. The topological polar surface area (TPSA) is 55.1 Å². The van der Waals surface area contributed by atoms with Gasteiger partial charge >= 0.3 is 0 Å². The molecule has 0 aliphatic carbocycles. The molecule has 112 valence electrons. The number of rotatable bonds is 5. The number of fused-ring (bicyclic) bond motifs is 1. The Labute approximate surface area is 124 Å². The van der Waals surface area contributed by atoms with E-state index in [4.69, 9.17) is 0 Å². The highest BCUT2D eigenvalue weighted by atomic mass is 16.3. The number of aliphatic hydroxyl groups excluding tert-OH is 1. The van der Waals surface area contributed by atoms with Crippen molar-refractivity contribution in [3.63, 3.8) is 0 Å². The van der Waals surface area contributed by atoms with E-state index < -0.39 is 6.10 Å². The Morgan fingerprint density at radius 1 is 1.38 bits per heavy atom. The predicted molar refractivity (Wildman–Crippen MR) is 85.4 cm³/mol. The Hall–Kier alpha value is -1.94. The summed E-state index contributed by atoms with van der Waals surface area (Å²) in [6, 6.07) is 7.67. The number of hydrogen-bond donors (Lipinski definition) is 1. The molecule has 0 bridgehead atoms. The number of aryl methyl sites for hydroxylation is 1. The molecule has 0 saturated carbocycles. The third kappa shape index (κ3) is 3.79. The van der Waals surface area contributed by atoms with E-state index in [9.17, 15) is 9.90 Å². The lowest BCUT2D eigenvalue weighted by molar-refractivity contribution is 0.184. The van der Waals surface area contributed by atoms with Crippen LogP contribution in [0.4, 0.5) is 0 Å². The minimum absolute atomic E-state index is 0.0631. The van der Waals surface area contributed by atoms with E-state index >= 15 is 0 Å². The molecule has 0 saturated heterocycles. The van der Waals surface area contributed by atoms with Crippen LogP contribution in [-0.2, 0) is 13.0 Å². The van der Waals surface area contributed by atoms with Crippen molar-refractivity contribution in [1.82, 2.24) is 9.55 Å². The Morgan fingerprint density at radius 3 is 2.76 bits per heavy atom. The third-order valence-electron chi connectivity index (χ3n) is 3.40. The van der Waals surface area contributed by atoms with Crippen molar-refractivity contribution in [2.24, 2.45) is 0 Å². The Kier molecular flexibility index (Phi) is 4.91. The molecule has 0 spiro atoms. The van der Waals surface area contributed by atoms with E-state index in [1.165, 1.54) is 5.57 Å². The molecule has 4 heteroatoms. The molecule has 1 aromatic carbocycles. The largest absolute Gasteiger partial charge is 0.393 e. The number of nitrogens with zero attached hydrogens (tertiary/aromatic N) is 2. The van der Waals surface area contributed by atoms with Crippen LogP contribution in [0.15, 0.2) is 40.7 Å². The van der Waals surface area contributed by atoms with Crippen LogP contribution in [0.2, 0.25) is 0 Å². The molecule has 0 aliphatic heterocycles. The van der Waals surface area contributed by atoms with Gasteiger partial charge in [0.15, 0.2) is 0 Å². The van der Waals surface area contributed by atoms with Crippen LogP contribution >= 0.6 is 0 Å². The van der Waals surface area contributed by atoms with E-state index in [1.54, 1.807) is 11.5 Å². The highest BCUT2D eigenvalue weighted by molar-refractivity contribution is 5.74. The molecule has 2 aromatic rings. The van der Waals surface area contributed by atoms with Crippen LogP contribution in [0, 0.1) is 0 Å². The summed E-state index contributed by atoms with van der Waals surface area (Å²) >= 11 is 0. The summed E-state index contributed by atoms with van der Waals surface area (Å²) in [5.41, 5.74) is 3.30. The van der Waals surface area contributed by atoms with E-state index in [0.29, 0.717) is 25.1 Å². The van der Waals surface area contributed by atoms with Gasteiger partial charge in [-0.15, -0.1) is 0 Å². The van der Waals surface area contributed by atoms with Crippen LogP contribution in [0.1, 0.15) is 32.9 Å². The maximum absolute atomic E-state index is 12.6. The highest BCUT2D eigenvalue weighted by Crippen LogP contribution is 2.11. The summed E-state index contributed by atoms with van der Waals surface area (Å²) in [6.07, 6.45) is 2.65. The first-order chi connectivity index (χ1) is 9.99. The quantitative estimate of drug-likeness (QED) is 0.860. The number of aliphatic hydroxyl groups is 1. The van der Waals surface area contributed by atoms with E-state index in [1.807, 2.05) is 44.2 Å². The predicted octanol–water partition coefficient (Wildman–Crippen LogP) is 2.68. The van der Waals surface area contributed by atoms with Gasteiger partial charge in [0.05, 0.1) is 17.1 Å². The Balaban J connectivity index is 2.53. The van der Waals surface area contributed by atoms with E-state index in [0.717, 1.165) is 11.0 Å². The standard InChI is InChI=1S/C17H22N2O2/c1-12(2)10-11-19-16-7-5-4-6-14(16)18-15(17(19)21)9-8-13(3)20/h4-7,10,13,20H,8-9,11H2,1-3H3. The van der Waals surface area contributed by atoms with Gasteiger partial charge in [0.1, 0.15) is 5.69 Å². The van der Waals surface area contributed by atoms with Crippen LogP contribution in [0.5, 0.6) is 0 Å². The number of benzene rings is 1. The maximum atomic E-state index is 12.6. The van der Waals surface area contributed by atoms with Gasteiger partial charge in [-0.2, -0.15) is 0 Å². The van der Waals surface area contributed by atoms with Crippen molar-refractivity contribution in [3.8, 4) is 0 Å². The minimum Gasteiger partial charge on any atom is -0.393 e. The second-order valence-electron chi connectivity index (χ2n) is 5.63. The van der Waals surface area contributed by atoms with Crippen molar-refractivity contribution in [3.05, 3.63) is 52.0 Å². The van der Waals surface area contributed by atoms with Gasteiger partial charge in [0.2, 0.25) is 0 Å². The first-order valence-corrected chi connectivity index (χ1v) is 7.29. The van der Waals surface area contributed by atoms with E-state index in [-0.39, 0.29) is 5.56 Å². The fraction of sp³-hybridized carbons (Fsp3) is 0.412. The monoisotopic (exact) mass is 286 g/mol. The molecule has 1 aromatic heterocycles. The van der Waals surface area contributed by atoms with Crippen molar-refractivity contribution in [2.75, 3.05) is 0 Å². The molecule has 0 fully saturated rings. The highest BCUT2D eigenvalue weighted by Gasteiger charge is 2.10. The third-order valence-corrected chi connectivity index (χ3v) is 3.40. The summed E-state index contributed by atoms with van der Waals surface area (Å²) < 4.78 is 1.76. The van der Waals surface area contributed by atoms with Gasteiger partial charge in [-0.1, -0.05) is 23.8 Å². The van der Waals surface area contributed by atoms with Gasteiger partial charge < -0.3 is 9.67 Å². The van der Waals surface area contributed by atoms with Gasteiger partial charge in [-0.3, -0.25) is 4.79 Å². The average molecular weight is 286 g/mol. The fourth-order valence-electron chi connectivity index (χ4n) is 2.21. The molecule has 1 atom stereocenters. The first kappa shape index (κ1) is 15.4. The van der Waals surface area contributed by atoms with E-state index in [2.05, 4.69) is 4.98 Å². The van der Waals surface area contributed by atoms with Gasteiger partial charge in [0, 0.05) is 6.54 Å². The van der Waals surface area contributed by atoms with Gasteiger partial charge in [0.25, 0.3) is 5.56 Å². The summed E-state index contributed by atoms with van der Waals surface area (Å²) in [7, 11) is 0. The van der Waals surface area contributed by atoms with Crippen LogP contribution < -0.4 is 5.56 Å². The number of allylic oxidation sites excluding steroid dienone is 2. The lowest BCUT2D eigenvalue weighted by Crippen LogP contribution is -2.26. The second kappa shape index (κ2) is 6.68. The Bertz CT molecular complexity index is 710. The van der Waals surface area contributed by atoms with Crippen LogP contribution in [0.25, 0.3) is 11.0 Å². The zero-order chi connectivity index (χ0) is 15.4. The molecule has 4 nitrogen and oxygen atoms in total. The fourth-order valence-corrected chi connectivity index (χ4v) is 2.21. The van der Waals surface area contributed by atoms with Crippen molar-refractivity contribution < 1.29 is 5.11 Å². The molecule has 1 heterocycles. The summed E-state index contributed by atoms with van der Waals surface area (Å²) in [5, 5.41) is 9.42. The van der Waals surface area contributed by atoms with Gasteiger partial charge in [-0.25, -0.2) is 4.98 Å². The molecular weight excluding hydrogens is 264 g/mol. The Morgan fingerprint density at radius 2 is 2.10 bits per heavy atom. The SMILES string of the molecule is CC(C)=CCn1c(=O)c(CCC(C)O)nc2ccccc21. The maximum Gasteiger partial charge on any atom is 0.273 e. The lowest BCUT2D eigenvalue weighted by atomic mass is 10.1. The zero-order valence-corrected chi connectivity index (χ0v) is 12.8. The second-order valence-corrected chi connectivity index (χ2v) is 5.63. The van der Waals surface area contributed by atoms with Crippen LogP contribution in [-0.4, -0.2) is 20.8 Å². The number of aromatic nitrogens is 2. The summed E-state index contributed by atoms with van der Waals surface area (Å²) in [5.74, 6) is 0. The number of hydrogen-bond acceptors (Lipinski definition) is 3. The normalized spacial score (nSPS) is 12.4. The lowest BCUT2D eigenvalue weighted by Gasteiger charge is -2.11. The van der Waals surface area contributed by atoms with Crippen molar-refractivity contribution >= 4 is 11.0 Å². The minimum atomic E-state index is -0.427.